The third-order valence-electron chi connectivity index (χ3n) is 5.38. The monoisotopic (exact) mass is 559 g/mol. The van der Waals surface area contributed by atoms with Crippen LogP contribution < -0.4 is 23.9 Å². The molecule has 0 aromatic heterocycles. The Kier molecular flexibility index (Phi) is 9.98. The molecule has 1 atom stereocenters. The zero-order valence-corrected chi connectivity index (χ0v) is 23.1. The lowest BCUT2D eigenvalue weighted by molar-refractivity contribution is -0.121. The van der Waals surface area contributed by atoms with Crippen LogP contribution in [-0.4, -0.2) is 46.6 Å². The third kappa shape index (κ3) is 7.87. The van der Waals surface area contributed by atoms with Crippen LogP contribution in [0.2, 0.25) is 5.02 Å². The number of hydrazone groups is 1. The predicted octanol–water partition coefficient (Wildman–Crippen LogP) is 4.63. The molecular weight excluding hydrogens is 530 g/mol. The molecule has 0 spiro atoms. The van der Waals surface area contributed by atoms with Gasteiger partial charge < -0.3 is 14.2 Å². The van der Waals surface area contributed by atoms with Gasteiger partial charge in [-0.25, -0.2) is 13.8 Å². The maximum atomic E-state index is 12.8. The number of nitrogens with zero attached hydrogens (tertiary/aromatic N) is 2. The molecule has 3 rings (SSSR count). The van der Waals surface area contributed by atoms with Crippen LogP contribution in [0.4, 0.5) is 5.69 Å². The summed E-state index contributed by atoms with van der Waals surface area (Å²) >= 11 is 5.93. The maximum absolute atomic E-state index is 12.8. The Balaban J connectivity index is 1.69. The van der Waals surface area contributed by atoms with Gasteiger partial charge in [0.25, 0.3) is 5.91 Å². The molecule has 0 aliphatic carbocycles. The molecule has 3 aromatic rings. The zero-order chi connectivity index (χ0) is 27.7. The second kappa shape index (κ2) is 13.2. The van der Waals surface area contributed by atoms with Crippen LogP contribution in [0.3, 0.4) is 0 Å². The second-order valence-electron chi connectivity index (χ2n) is 8.22. The summed E-state index contributed by atoms with van der Waals surface area (Å²) in [4.78, 5) is 12.8. The SMILES string of the molecule is CCOc1cc(C=NNC(=O)[C@@H](C)N(c2ccc(OC)cc2)S(C)(=O)=O)ccc1OCc1ccc(Cl)cc1. The van der Waals surface area contributed by atoms with Crippen LogP contribution in [0.1, 0.15) is 25.0 Å². The first-order valence-corrected chi connectivity index (χ1v) is 14.0. The van der Waals surface area contributed by atoms with Crippen molar-refractivity contribution in [2.24, 2.45) is 5.10 Å². The van der Waals surface area contributed by atoms with Gasteiger partial charge in [-0.1, -0.05) is 23.7 Å². The van der Waals surface area contributed by atoms with E-state index in [0.717, 1.165) is 16.1 Å². The van der Waals surface area contributed by atoms with Gasteiger partial charge in [-0.15, -0.1) is 0 Å². The number of anilines is 1. The van der Waals surface area contributed by atoms with E-state index in [-0.39, 0.29) is 0 Å². The van der Waals surface area contributed by atoms with Crippen molar-refractivity contribution in [3.8, 4) is 17.2 Å². The molecule has 0 radical (unpaired) electrons. The van der Waals surface area contributed by atoms with E-state index < -0.39 is 22.0 Å². The largest absolute Gasteiger partial charge is 0.497 e. The minimum absolute atomic E-state index is 0.329. The van der Waals surface area contributed by atoms with Crippen molar-refractivity contribution in [1.82, 2.24) is 5.43 Å². The van der Waals surface area contributed by atoms with E-state index in [9.17, 15) is 13.2 Å². The molecule has 9 nitrogen and oxygen atoms in total. The lowest BCUT2D eigenvalue weighted by Crippen LogP contribution is -2.46. The summed E-state index contributed by atoms with van der Waals surface area (Å²) in [5.41, 5.74) is 4.34. The number of rotatable bonds is 12. The molecule has 0 aliphatic rings. The normalized spacial score (nSPS) is 12.1. The number of hydrogen-bond donors (Lipinski definition) is 1. The van der Waals surface area contributed by atoms with Gasteiger partial charge in [-0.3, -0.25) is 9.10 Å². The summed E-state index contributed by atoms with van der Waals surface area (Å²) in [6.45, 7) is 4.11. The van der Waals surface area contributed by atoms with Gasteiger partial charge in [0.15, 0.2) is 11.5 Å². The molecule has 202 valence electrons. The van der Waals surface area contributed by atoms with Crippen molar-refractivity contribution in [2.45, 2.75) is 26.5 Å². The van der Waals surface area contributed by atoms with Crippen LogP contribution in [0.5, 0.6) is 17.2 Å². The van der Waals surface area contributed by atoms with Gasteiger partial charge >= 0.3 is 0 Å². The number of halogens is 1. The lowest BCUT2D eigenvalue weighted by Gasteiger charge is -2.27. The highest BCUT2D eigenvalue weighted by Crippen LogP contribution is 2.29. The number of nitrogens with one attached hydrogen (secondary N) is 1. The average Bonchev–Trinajstić information content (AvgIpc) is 2.89. The van der Waals surface area contributed by atoms with Crippen LogP contribution in [0.25, 0.3) is 0 Å². The molecule has 1 amide bonds. The first-order valence-electron chi connectivity index (χ1n) is 11.7. The van der Waals surface area contributed by atoms with E-state index in [0.29, 0.717) is 46.7 Å². The van der Waals surface area contributed by atoms with E-state index in [2.05, 4.69) is 10.5 Å². The number of hydrogen-bond acceptors (Lipinski definition) is 7. The molecule has 0 unspecified atom stereocenters. The Morgan fingerprint density at radius 3 is 2.34 bits per heavy atom. The predicted molar refractivity (Wildman–Crippen MR) is 149 cm³/mol. The Labute approximate surface area is 228 Å². The first-order chi connectivity index (χ1) is 18.1. The van der Waals surface area contributed by atoms with Gasteiger partial charge in [-0.2, -0.15) is 5.10 Å². The summed E-state index contributed by atoms with van der Waals surface area (Å²) in [5.74, 6) is 1.04. The summed E-state index contributed by atoms with van der Waals surface area (Å²) in [5, 5.41) is 4.66. The number of benzene rings is 3. The van der Waals surface area contributed by atoms with Gasteiger partial charge in [0, 0.05) is 5.02 Å². The molecule has 0 saturated heterocycles. The molecule has 0 bridgehead atoms. The summed E-state index contributed by atoms with van der Waals surface area (Å²) in [6.07, 6.45) is 2.48. The highest BCUT2D eigenvalue weighted by molar-refractivity contribution is 7.92. The van der Waals surface area contributed by atoms with Crippen LogP contribution in [0.15, 0.2) is 71.8 Å². The van der Waals surface area contributed by atoms with Crippen molar-refractivity contribution in [3.63, 3.8) is 0 Å². The Bertz CT molecular complexity index is 1360. The molecule has 3 aromatic carbocycles. The van der Waals surface area contributed by atoms with E-state index in [1.54, 1.807) is 54.6 Å². The number of methoxy groups -OCH3 is 1. The second-order valence-corrected chi connectivity index (χ2v) is 10.5. The Morgan fingerprint density at radius 1 is 1.05 bits per heavy atom. The van der Waals surface area contributed by atoms with Crippen molar-refractivity contribution in [1.29, 1.82) is 0 Å². The number of amides is 1. The molecule has 0 fully saturated rings. The molecule has 11 heteroatoms. The topological polar surface area (TPSA) is 107 Å². The fourth-order valence-corrected chi connectivity index (χ4v) is 4.84. The van der Waals surface area contributed by atoms with Crippen LogP contribution in [0, 0.1) is 0 Å². The van der Waals surface area contributed by atoms with Crippen molar-refractivity contribution in [3.05, 3.63) is 82.9 Å². The maximum Gasteiger partial charge on any atom is 0.263 e. The zero-order valence-electron chi connectivity index (χ0n) is 21.5. The quantitative estimate of drug-likeness (QED) is 0.256. The van der Waals surface area contributed by atoms with Gasteiger partial charge in [0.05, 0.1) is 31.9 Å². The number of ether oxygens (including phenoxy) is 3. The summed E-state index contributed by atoms with van der Waals surface area (Å²) in [7, 11) is -2.25. The minimum atomic E-state index is -3.76. The summed E-state index contributed by atoms with van der Waals surface area (Å²) in [6, 6.07) is 17.9. The van der Waals surface area contributed by atoms with Gasteiger partial charge in [0.1, 0.15) is 18.4 Å². The highest BCUT2D eigenvalue weighted by atomic mass is 35.5. The smallest absolute Gasteiger partial charge is 0.263 e. The molecule has 1 N–H and O–H groups in total. The van der Waals surface area contributed by atoms with E-state index in [1.807, 2.05) is 19.1 Å². The van der Waals surface area contributed by atoms with Crippen LogP contribution >= 0.6 is 11.6 Å². The number of carbonyl (C=O) groups is 1. The molecule has 38 heavy (non-hydrogen) atoms. The van der Waals surface area contributed by atoms with E-state index in [1.165, 1.54) is 20.2 Å². The van der Waals surface area contributed by atoms with Gasteiger partial charge in [-0.05, 0) is 79.6 Å². The van der Waals surface area contributed by atoms with Crippen molar-refractivity contribution >= 4 is 39.4 Å². The molecular formula is C27H30ClN3O6S. The number of sulfonamides is 1. The van der Waals surface area contributed by atoms with Crippen LogP contribution in [-0.2, 0) is 21.4 Å². The standard InChI is InChI=1S/C27H30ClN3O6S/c1-5-36-26-16-21(8-15-25(26)37-18-20-6-9-22(28)10-7-20)17-29-30-27(32)19(2)31(38(4,33)34)23-11-13-24(35-3)14-12-23/h6-17,19H,5,18H2,1-4H3,(H,30,32)/t19-/m1/s1. The average molecular weight is 560 g/mol. The fourth-order valence-electron chi connectivity index (χ4n) is 3.54. The third-order valence-corrected chi connectivity index (χ3v) is 6.87. The molecule has 0 saturated carbocycles. The van der Waals surface area contributed by atoms with Crippen molar-refractivity contribution < 1.29 is 27.4 Å². The van der Waals surface area contributed by atoms with E-state index >= 15 is 0 Å². The lowest BCUT2D eigenvalue weighted by atomic mass is 10.2. The van der Waals surface area contributed by atoms with Crippen molar-refractivity contribution in [2.75, 3.05) is 24.3 Å². The van der Waals surface area contributed by atoms with E-state index in [4.69, 9.17) is 25.8 Å². The number of carbonyl (C=O) groups excluding carboxylic acids is 1. The minimum Gasteiger partial charge on any atom is -0.497 e. The Hall–Kier alpha value is -3.76. The van der Waals surface area contributed by atoms with Gasteiger partial charge in [0.2, 0.25) is 10.0 Å². The Morgan fingerprint density at radius 2 is 1.74 bits per heavy atom. The highest BCUT2D eigenvalue weighted by Gasteiger charge is 2.29. The molecule has 0 aliphatic heterocycles. The molecule has 0 heterocycles. The first kappa shape index (κ1) is 28.8. The summed E-state index contributed by atoms with van der Waals surface area (Å²) < 4.78 is 42.7. The fraction of sp³-hybridized carbons (Fsp3) is 0.259.